The molecule has 0 radical (unpaired) electrons. The monoisotopic (exact) mass is 365 g/mol. The smallest absolute Gasteiger partial charge is 0.196 e. The standard InChI is InChI=1S/C20H19N3O2S/c1-25-15-8-2-5-12-19(24)18-16(26-20(12)15)11-23-14-7-3-6-13(17(14)18)22-10-4-9-21/h2-3,5-8,11,22H,4,9-10,21H2,1H3. The second-order valence-electron chi connectivity index (χ2n) is 6.03. The van der Waals surface area contributed by atoms with Gasteiger partial charge in [-0.1, -0.05) is 12.1 Å². The number of aromatic nitrogens is 1. The topological polar surface area (TPSA) is 77.2 Å². The molecule has 0 aliphatic rings. The molecule has 0 atom stereocenters. The highest BCUT2D eigenvalue weighted by molar-refractivity contribution is 7.25. The van der Waals surface area contributed by atoms with Gasteiger partial charge in [0, 0.05) is 29.2 Å². The van der Waals surface area contributed by atoms with Crippen LogP contribution < -0.4 is 21.2 Å². The van der Waals surface area contributed by atoms with Crippen LogP contribution in [0.5, 0.6) is 5.75 Å². The summed E-state index contributed by atoms with van der Waals surface area (Å²) in [7, 11) is 1.62. The first-order valence-electron chi connectivity index (χ1n) is 8.50. The molecule has 3 N–H and O–H groups in total. The van der Waals surface area contributed by atoms with Crippen molar-refractivity contribution in [1.82, 2.24) is 4.98 Å². The highest BCUT2D eigenvalue weighted by atomic mass is 32.1. The van der Waals surface area contributed by atoms with Gasteiger partial charge in [-0.2, -0.15) is 0 Å². The van der Waals surface area contributed by atoms with Crippen molar-refractivity contribution >= 4 is 48.1 Å². The van der Waals surface area contributed by atoms with Crippen molar-refractivity contribution in [3.05, 3.63) is 52.8 Å². The Balaban J connectivity index is 2.08. The molecule has 0 fully saturated rings. The van der Waals surface area contributed by atoms with E-state index in [1.165, 1.54) is 11.3 Å². The van der Waals surface area contributed by atoms with Gasteiger partial charge < -0.3 is 15.8 Å². The summed E-state index contributed by atoms with van der Waals surface area (Å²) in [6.45, 7) is 1.38. The molecule has 0 saturated carbocycles. The second kappa shape index (κ2) is 6.90. The van der Waals surface area contributed by atoms with Crippen LogP contribution in [0, 0.1) is 0 Å². The van der Waals surface area contributed by atoms with Gasteiger partial charge in [0.1, 0.15) is 5.75 Å². The molecule has 26 heavy (non-hydrogen) atoms. The molecule has 0 saturated heterocycles. The summed E-state index contributed by atoms with van der Waals surface area (Å²) in [5.41, 5.74) is 7.33. The Morgan fingerprint density at radius 2 is 2.04 bits per heavy atom. The van der Waals surface area contributed by atoms with Crippen molar-refractivity contribution in [2.45, 2.75) is 6.42 Å². The van der Waals surface area contributed by atoms with Crippen LogP contribution in [0.2, 0.25) is 0 Å². The van der Waals surface area contributed by atoms with Crippen LogP contribution in [0.15, 0.2) is 47.4 Å². The third kappa shape index (κ3) is 2.67. The van der Waals surface area contributed by atoms with E-state index in [0.717, 1.165) is 39.0 Å². The summed E-state index contributed by atoms with van der Waals surface area (Å²) >= 11 is 1.53. The lowest BCUT2D eigenvalue weighted by Gasteiger charge is -2.12. The van der Waals surface area contributed by atoms with E-state index in [1.807, 2.05) is 36.4 Å². The number of rotatable bonds is 5. The van der Waals surface area contributed by atoms with E-state index in [-0.39, 0.29) is 5.43 Å². The molecular weight excluding hydrogens is 346 g/mol. The van der Waals surface area contributed by atoms with E-state index >= 15 is 0 Å². The molecule has 0 spiro atoms. The van der Waals surface area contributed by atoms with Gasteiger partial charge in [0.25, 0.3) is 0 Å². The van der Waals surface area contributed by atoms with Crippen LogP contribution in [-0.2, 0) is 0 Å². The van der Waals surface area contributed by atoms with Crippen molar-refractivity contribution in [3.63, 3.8) is 0 Å². The third-order valence-electron chi connectivity index (χ3n) is 4.44. The largest absolute Gasteiger partial charge is 0.495 e. The van der Waals surface area contributed by atoms with Gasteiger partial charge in [0.05, 0.1) is 27.4 Å². The number of benzene rings is 2. The first-order valence-corrected chi connectivity index (χ1v) is 9.31. The van der Waals surface area contributed by atoms with Gasteiger partial charge in [-0.05, 0) is 37.2 Å². The minimum absolute atomic E-state index is 0.00752. The predicted molar refractivity (Wildman–Crippen MR) is 110 cm³/mol. The maximum Gasteiger partial charge on any atom is 0.196 e. The number of pyridine rings is 1. The summed E-state index contributed by atoms with van der Waals surface area (Å²) in [6, 6.07) is 11.4. The predicted octanol–water partition coefficient (Wildman–Crippen LogP) is 3.73. The maximum absolute atomic E-state index is 13.3. The summed E-state index contributed by atoms with van der Waals surface area (Å²) in [5.74, 6) is 0.709. The first kappa shape index (κ1) is 16.8. The second-order valence-corrected chi connectivity index (χ2v) is 7.09. The number of anilines is 1. The molecule has 2 aromatic heterocycles. The number of nitrogens with one attached hydrogen (secondary N) is 1. The zero-order valence-corrected chi connectivity index (χ0v) is 15.2. The van der Waals surface area contributed by atoms with Crippen LogP contribution in [0.25, 0.3) is 31.1 Å². The van der Waals surface area contributed by atoms with Gasteiger partial charge in [-0.25, -0.2) is 0 Å². The van der Waals surface area contributed by atoms with Gasteiger partial charge in [0.2, 0.25) is 0 Å². The molecule has 0 aliphatic heterocycles. The number of methoxy groups -OCH3 is 1. The molecular formula is C20H19N3O2S. The Kier molecular flexibility index (Phi) is 4.44. The Hall–Kier alpha value is -2.70. The number of hydrogen-bond acceptors (Lipinski definition) is 6. The minimum atomic E-state index is 0.00752. The van der Waals surface area contributed by atoms with Gasteiger partial charge in [-0.3, -0.25) is 9.78 Å². The maximum atomic E-state index is 13.3. The number of hydrogen-bond donors (Lipinski definition) is 2. The molecule has 0 amide bonds. The van der Waals surface area contributed by atoms with Crippen molar-refractivity contribution < 1.29 is 4.74 Å². The van der Waals surface area contributed by atoms with E-state index < -0.39 is 0 Å². The lowest BCUT2D eigenvalue weighted by Crippen LogP contribution is -2.09. The fourth-order valence-corrected chi connectivity index (χ4v) is 4.35. The summed E-state index contributed by atoms with van der Waals surface area (Å²) in [4.78, 5) is 17.9. The van der Waals surface area contributed by atoms with Crippen molar-refractivity contribution in [2.24, 2.45) is 5.73 Å². The van der Waals surface area contributed by atoms with E-state index in [1.54, 1.807) is 13.3 Å². The molecule has 4 aromatic rings. The summed E-state index contributed by atoms with van der Waals surface area (Å²) in [5, 5.41) is 5.65. The van der Waals surface area contributed by atoms with E-state index in [4.69, 9.17) is 10.5 Å². The minimum Gasteiger partial charge on any atom is -0.495 e. The highest BCUT2D eigenvalue weighted by Gasteiger charge is 2.15. The molecule has 4 rings (SSSR count). The SMILES string of the molecule is COc1cccc2c(=O)c3c(cnc4cccc(NCCCN)c43)sc12. The van der Waals surface area contributed by atoms with Crippen molar-refractivity contribution in [1.29, 1.82) is 0 Å². The number of ether oxygens (including phenoxy) is 1. The zero-order valence-electron chi connectivity index (χ0n) is 14.4. The lowest BCUT2D eigenvalue weighted by atomic mass is 10.1. The first-order chi connectivity index (χ1) is 12.7. The lowest BCUT2D eigenvalue weighted by molar-refractivity contribution is 0.420. The van der Waals surface area contributed by atoms with E-state index in [9.17, 15) is 4.79 Å². The Morgan fingerprint density at radius 3 is 2.85 bits per heavy atom. The number of nitrogens with zero attached hydrogens (tertiary/aromatic N) is 1. The Morgan fingerprint density at radius 1 is 1.19 bits per heavy atom. The normalized spacial score (nSPS) is 11.3. The molecule has 2 aromatic carbocycles. The Labute approximate surface area is 154 Å². The van der Waals surface area contributed by atoms with Gasteiger partial charge in [-0.15, -0.1) is 11.3 Å². The molecule has 0 aliphatic carbocycles. The van der Waals surface area contributed by atoms with Crippen LogP contribution in [0.1, 0.15) is 6.42 Å². The molecule has 2 heterocycles. The van der Waals surface area contributed by atoms with Crippen LogP contribution >= 0.6 is 11.3 Å². The van der Waals surface area contributed by atoms with E-state index in [0.29, 0.717) is 23.1 Å². The molecule has 0 bridgehead atoms. The molecule has 0 unspecified atom stereocenters. The van der Waals surface area contributed by atoms with Crippen molar-refractivity contribution in [2.75, 3.05) is 25.5 Å². The average Bonchev–Trinajstić information content (AvgIpc) is 2.67. The quantitative estimate of drug-likeness (QED) is 0.320. The fraction of sp³-hybridized carbons (Fsp3) is 0.200. The third-order valence-corrected chi connectivity index (χ3v) is 5.59. The van der Waals surface area contributed by atoms with Crippen LogP contribution in [0.4, 0.5) is 5.69 Å². The van der Waals surface area contributed by atoms with Crippen LogP contribution in [0.3, 0.4) is 0 Å². The highest BCUT2D eigenvalue weighted by Crippen LogP contribution is 2.35. The summed E-state index contributed by atoms with van der Waals surface area (Å²) < 4.78 is 7.14. The number of fused-ring (bicyclic) bond motifs is 4. The fourth-order valence-electron chi connectivity index (χ4n) is 3.21. The van der Waals surface area contributed by atoms with Gasteiger partial charge >= 0.3 is 0 Å². The zero-order chi connectivity index (χ0) is 18.1. The molecule has 132 valence electrons. The Bertz CT molecular complexity index is 1170. The molecule has 5 nitrogen and oxygen atoms in total. The van der Waals surface area contributed by atoms with E-state index in [2.05, 4.69) is 10.3 Å². The average molecular weight is 365 g/mol. The van der Waals surface area contributed by atoms with Gasteiger partial charge in [0.15, 0.2) is 5.43 Å². The number of nitrogens with two attached hydrogens (primary N) is 1. The van der Waals surface area contributed by atoms with Crippen LogP contribution in [-0.4, -0.2) is 25.2 Å². The summed E-state index contributed by atoms with van der Waals surface area (Å²) in [6.07, 6.45) is 2.64. The van der Waals surface area contributed by atoms with Crippen molar-refractivity contribution in [3.8, 4) is 5.75 Å². The molecule has 6 heteroatoms.